The Labute approximate surface area is 141 Å². The van der Waals surface area contributed by atoms with Crippen LogP contribution in [0.15, 0.2) is 23.2 Å². The first kappa shape index (κ1) is 18.2. The van der Waals surface area contributed by atoms with Crippen molar-refractivity contribution in [2.24, 2.45) is 4.99 Å². The van der Waals surface area contributed by atoms with Gasteiger partial charge in [0.25, 0.3) is 5.91 Å². The summed E-state index contributed by atoms with van der Waals surface area (Å²) in [6, 6.07) is 4.43. The van der Waals surface area contributed by atoms with Crippen molar-refractivity contribution >= 4 is 11.9 Å². The molecule has 7 heteroatoms. The molecule has 1 atom stereocenters. The Kier molecular flexibility index (Phi) is 6.54. The monoisotopic (exact) mass is 336 g/mol. The molecule has 1 aliphatic rings. The lowest BCUT2D eigenvalue weighted by molar-refractivity contribution is 0.0954. The lowest BCUT2D eigenvalue weighted by Crippen LogP contribution is -2.41. The molecule has 2 rings (SSSR count). The molecule has 1 aromatic carbocycles. The van der Waals surface area contributed by atoms with Gasteiger partial charge in [0.1, 0.15) is 5.82 Å². The topological polar surface area (TPSA) is 77.0 Å². The normalized spacial score (nSPS) is 17.9. The number of guanidine groups is 1. The minimum absolute atomic E-state index is 0.302. The fraction of sp³-hybridized carbons (Fsp3) is 0.529. The van der Waals surface area contributed by atoms with Crippen LogP contribution in [-0.2, 0) is 0 Å². The standard InChI is InChI=1S/C17H25FN4O2/c1-3-19-17(22-9-6-14(23)11-22)21-8-7-20-16(24)13-5-4-12(2)15(18)10-13/h4-5,10,14,23H,3,6-9,11H2,1-2H3,(H,19,21)(H,20,24)/t14-/m1/s1. The number of amides is 1. The first-order valence-corrected chi connectivity index (χ1v) is 8.27. The van der Waals surface area contributed by atoms with E-state index in [1.54, 1.807) is 19.1 Å². The first-order valence-electron chi connectivity index (χ1n) is 8.27. The molecule has 0 aliphatic carbocycles. The molecule has 0 aromatic heterocycles. The Hall–Kier alpha value is -2.15. The van der Waals surface area contributed by atoms with Crippen LogP contribution in [0.2, 0.25) is 0 Å². The highest BCUT2D eigenvalue weighted by molar-refractivity contribution is 5.94. The third-order valence-electron chi connectivity index (χ3n) is 3.89. The van der Waals surface area contributed by atoms with Gasteiger partial charge in [0, 0.05) is 31.7 Å². The number of β-amino-alcohol motifs (C(OH)–C–C–N with tert-alkyl or cyclic N) is 1. The van der Waals surface area contributed by atoms with Crippen molar-refractivity contribution in [3.63, 3.8) is 0 Å². The number of hydrogen-bond donors (Lipinski definition) is 3. The van der Waals surface area contributed by atoms with Crippen molar-refractivity contribution < 1.29 is 14.3 Å². The van der Waals surface area contributed by atoms with Crippen LogP contribution in [0.1, 0.15) is 29.3 Å². The van der Waals surface area contributed by atoms with Crippen LogP contribution in [0.5, 0.6) is 0 Å². The Balaban J connectivity index is 1.85. The van der Waals surface area contributed by atoms with Crippen LogP contribution in [0.25, 0.3) is 0 Å². The number of carbonyl (C=O) groups excluding carboxylic acids is 1. The maximum atomic E-state index is 13.5. The van der Waals surface area contributed by atoms with E-state index in [4.69, 9.17) is 0 Å². The summed E-state index contributed by atoms with van der Waals surface area (Å²) in [6.45, 7) is 6.48. The number of aliphatic hydroxyl groups excluding tert-OH is 1. The molecule has 132 valence electrons. The number of benzene rings is 1. The minimum Gasteiger partial charge on any atom is -0.391 e. The van der Waals surface area contributed by atoms with E-state index in [9.17, 15) is 14.3 Å². The summed E-state index contributed by atoms with van der Waals surface area (Å²) < 4.78 is 13.5. The molecule has 0 saturated carbocycles. The number of halogens is 1. The molecule has 6 nitrogen and oxygen atoms in total. The van der Waals surface area contributed by atoms with Crippen molar-refractivity contribution in [2.45, 2.75) is 26.4 Å². The summed E-state index contributed by atoms with van der Waals surface area (Å²) >= 11 is 0. The van der Waals surface area contributed by atoms with Crippen LogP contribution >= 0.6 is 0 Å². The summed E-state index contributed by atoms with van der Waals surface area (Å²) in [5.74, 6) is 0.0399. The van der Waals surface area contributed by atoms with Crippen LogP contribution in [0.3, 0.4) is 0 Å². The number of hydrogen-bond acceptors (Lipinski definition) is 3. The highest BCUT2D eigenvalue weighted by atomic mass is 19.1. The lowest BCUT2D eigenvalue weighted by Gasteiger charge is -2.20. The lowest BCUT2D eigenvalue weighted by atomic mass is 10.1. The summed E-state index contributed by atoms with van der Waals surface area (Å²) in [5, 5.41) is 15.5. The van der Waals surface area contributed by atoms with Gasteiger partial charge in [-0.3, -0.25) is 9.79 Å². The van der Waals surface area contributed by atoms with E-state index in [-0.39, 0.29) is 17.8 Å². The van der Waals surface area contributed by atoms with E-state index in [0.717, 1.165) is 25.5 Å². The minimum atomic E-state index is -0.386. The van der Waals surface area contributed by atoms with Crippen LogP contribution < -0.4 is 10.6 Å². The highest BCUT2D eigenvalue weighted by Gasteiger charge is 2.22. The maximum absolute atomic E-state index is 13.5. The zero-order valence-electron chi connectivity index (χ0n) is 14.2. The number of aryl methyl sites for hydroxylation is 1. The molecule has 0 radical (unpaired) electrons. The van der Waals surface area contributed by atoms with Crippen LogP contribution in [0, 0.1) is 12.7 Å². The van der Waals surface area contributed by atoms with Gasteiger partial charge >= 0.3 is 0 Å². The van der Waals surface area contributed by atoms with Gasteiger partial charge in [-0.15, -0.1) is 0 Å². The smallest absolute Gasteiger partial charge is 0.251 e. The molecular formula is C17H25FN4O2. The number of aliphatic imine (C=N–C) groups is 1. The molecule has 1 aromatic rings. The van der Waals surface area contributed by atoms with E-state index in [0.29, 0.717) is 30.8 Å². The zero-order valence-corrected chi connectivity index (χ0v) is 14.2. The largest absolute Gasteiger partial charge is 0.391 e. The van der Waals surface area contributed by atoms with Gasteiger partial charge in [0.05, 0.1) is 12.6 Å². The number of likely N-dealkylation sites (tertiary alicyclic amines) is 1. The van der Waals surface area contributed by atoms with Crippen LogP contribution in [0.4, 0.5) is 4.39 Å². The van der Waals surface area contributed by atoms with Crippen molar-refractivity contribution in [3.8, 4) is 0 Å². The van der Waals surface area contributed by atoms with Gasteiger partial charge in [0.2, 0.25) is 0 Å². The van der Waals surface area contributed by atoms with E-state index < -0.39 is 0 Å². The Morgan fingerprint density at radius 2 is 2.25 bits per heavy atom. The third kappa shape index (κ3) is 4.92. The Bertz CT molecular complexity index is 606. The second-order valence-electron chi connectivity index (χ2n) is 5.84. The van der Waals surface area contributed by atoms with Crippen molar-refractivity contribution in [1.82, 2.24) is 15.5 Å². The summed E-state index contributed by atoms with van der Waals surface area (Å²) in [5.41, 5.74) is 0.816. The molecule has 1 fully saturated rings. The third-order valence-corrected chi connectivity index (χ3v) is 3.89. The predicted molar refractivity (Wildman–Crippen MR) is 91.6 cm³/mol. The van der Waals surface area contributed by atoms with E-state index in [1.165, 1.54) is 6.07 Å². The first-order chi connectivity index (χ1) is 11.5. The van der Waals surface area contributed by atoms with Gasteiger partial charge < -0.3 is 20.6 Å². The Morgan fingerprint density at radius 3 is 2.88 bits per heavy atom. The average molecular weight is 336 g/mol. The van der Waals surface area contributed by atoms with Gasteiger partial charge in [-0.1, -0.05) is 6.07 Å². The quantitative estimate of drug-likeness (QED) is 0.424. The summed E-state index contributed by atoms with van der Waals surface area (Å²) in [7, 11) is 0. The van der Waals surface area contributed by atoms with Gasteiger partial charge in [-0.2, -0.15) is 0 Å². The maximum Gasteiger partial charge on any atom is 0.251 e. The number of nitrogens with one attached hydrogen (secondary N) is 2. The molecule has 0 bridgehead atoms. The fourth-order valence-electron chi connectivity index (χ4n) is 2.53. The number of carbonyl (C=O) groups is 1. The molecule has 24 heavy (non-hydrogen) atoms. The van der Waals surface area contributed by atoms with Gasteiger partial charge in [-0.05, 0) is 38.0 Å². The van der Waals surface area contributed by atoms with Crippen molar-refractivity contribution in [3.05, 3.63) is 35.1 Å². The molecule has 1 amide bonds. The second kappa shape index (κ2) is 8.63. The highest BCUT2D eigenvalue weighted by Crippen LogP contribution is 2.09. The molecule has 1 saturated heterocycles. The second-order valence-corrected chi connectivity index (χ2v) is 5.84. The molecule has 0 unspecified atom stereocenters. The molecule has 1 heterocycles. The fourth-order valence-corrected chi connectivity index (χ4v) is 2.53. The van der Waals surface area contributed by atoms with Crippen molar-refractivity contribution in [2.75, 3.05) is 32.7 Å². The molecule has 0 spiro atoms. The number of aliphatic hydroxyl groups is 1. The molecule has 3 N–H and O–H groups in total. The Morgan fingerprint density at radius 1 is 1.46 bits per heavy atom. The summed E-state index contributed by atoms with van der Waals surface area (Å²) in [6.07, 6.45) is 0.421. The van der Waals surface area contributed by atoms with Gasteiger partial charge in [-0.25, -0.2) is 4.39 Å². The number of nitrogens with zero attached hydrogens (tertiary/aromatic N) is 2. The molecular weight excluding hydrogens is 311 g/mol. The number of rotatable bonds is 5. The van der Waals surface area contributed by atoms with Crippen LogP contribution in [-0.4, -0.2) is 60.7 Å². The van der Waals surface area contributed by atoms with E-state index in [2.05, 4.69) is 15.6 Å². The zero-order chi connectivity index (χ0) is 17.5. The summed E-state index contributed by atoms with van der Waals surface area (Å²) in [4.78, 5) is 18.5. The van der Waals surface area contributed by atoms with Crippen molar-refractivity contribution in [1.29, 1.82) is 0 Å². The van der Waals surface area contributed by atoms with E-state index >= 15 is 0 Å². The predicted octanol–water partition coefficient (Wildman–Crippen LogP) is 0.896. The molecule has 1 aliphatic heterocycles. The average Bonchev–Trinajstić information content (AvgIpc) is 2.99. The van der Waals surface area contributed by atoms with Gasteiger partial charge in [0.15, 0.2) is 5.96 Å². The van der Waals surface area contributed by atoms with E-state index in [1.807, 2.05) is 11.8 Å². The SMILES string of the molecule is CCNC(=NCCNC(=O)c1ccc(C)c(F)c1)N1CC[C@@H](O)C1.